The lowest BCUT2D eigenvalue weighted by atomic mass is 10.5. The van der Waals surface area contributed by atoms with E-state index in [1.807, 2.05) is 61.2 Å². The normalized spacial score (nSPS) is 9.64. The van der Waals surface area contributed by atoms with Crippen molar-refractivity contribution in [2.45, 2.75) is 0 Å². The number of aromatic amines is 2. The highest BCUT2D eigenvalue weighted by Gasteiger charge is 1.67. The molecule has 0 radical (unpaired) electrons. The molecule has 0 saturated heterocycles. The number of aromatic nitrogens is 2. The Labute approximate surface area is 130 Å². The molecule has 0 saturated carbocycles. The summed E-state index contributed by atoms with van der Waals surface area (Å²) in [5.74, 6) is 0. The molecule has 0 unspecified atom stereocenters. The average molecular weight is 350 g/mol. The lowest BCUT2D eigenvalue weighted by molar-refractivity contribution is -0.378. The van der Waals surface area contributed by atoms with Crippen LogP contribution in [0.5, 0.6) is 0 Å². The van der Waals surface area contributed by atoms with Crippen LogP contribution in [0.4, 0.5) is 0 Å². The van der Waals surface area contributed by atoms with E-state index in [4.69, 9.17) is 25.9 Å². The molecule has 0 atom stereocenters. The van der Waals surface area contributed by atoms with Crippen LogP contribution in [0.25, 0.3) is 0 Å². The van der Waals surface area contributed by atoms with Gasteiger partial charge in [0.15, 0.2) is 24.8 Å². The molecule has 2 rings (SSSR count). The Morgan fingerprint density at radius 1 is 0.591 bits per heavy atom. The standard InChI is InChI=1S/2C5H5N.2CH4O3S/c2*1-2-4-6-5-3-1;2*1-5(2,3)4/h2*1-5H;2*1H3,(H,2,3,4). The Kier molecular flexibility index (Phi) is 13.1. The fourth-order valence-corrected chi connectivity index (χ4v) is 0.684. The Balaban J connectivity index is 0. The van der Waals surface area contributed by atoms with Crippen molar-refractivity contribution in [2.24, 2.45) is 0 Å². The summed E-state index contributed by atoms with van der Waals surface area (Å²) in [6.45, 7) is 0. The second-order valence-corrected chi connectivity index (χ2v) is 6.38. The highest BCUT2D eigenvalue weighted by atomic mass is 32.2. The topological polar surface area (TPSA) is 143 Å². The maximum Gasteiger partial charge on any atom is 0.166 e. The first-order valence-corrected chi connectivity index (χ1v) is 9.27. The highest BCUT2D eigenvalue weighted by Crippen LogP contribution is 1.69. The van der Waals surface area contributed by atoms with Gasteiger partial charge in [-0.15, -0.1) is 0 Å². The Hall–Kier alpha value is -1.88. The zero-order valence-corrected chi connectivity index (χ0v) is 13.7. The smallest absolute Gasteiger partial charge is 0.166 e. The van der Waals surface area contributed by atoms with Gasteiger partial charge < -0.3 is 9.11 Å². The minimum Gasteiger partial charge on any atom is -0.748 e. The lowest BCUT2D eigenvalue weighted by Crippen LogP contribution is -1.93. The Bertz CT molecular complexity index is 530. The van der Waals surface area contributed by atoms with Gasteiger partial charge >= 0.3 is 0 Å². The molecule has 2 aromatic rings. The van der Waals surface area contributed by atoms with Gasteiger partial charge in [-0.05, 0) is 0 Å². The van der Waals surface area contributed by atoms with Crippen molar-refractivity contribution in [2.75, 3.05) is 12.5 Å². The minimum atomic E-state index is -3.92. The van der Waals surface area contributed by atoms with Crippen LogP contribution in [-0.4, -0.2) is 38.5 Å². The summed E-state index contributed by atoms with van der Waals surface area (Å²) in [6.07, 6.45) is 8.71. The summed E-state index contributed by atoms with van der Waals surface area (Å²) in [6, 6.07) is 11.7. The number of H-pyrrole nitrogens is 2. The third kappa shape index (κ3) is 51.9. The molecule has 0 bridgehead atoms. The third-order valence-corrected chi connectivity index (χ3v) is 1.21. The molecule has 2 N–H and O–H groups in total. The Morgan fingerprint density at radius 3 is 0.818 bits per heavy atom. The molecule has 0 amide bonds. The number of hydrogen-bond donors (Lipinski definition) is 0. The maximum absolute atomic E-state index is 9.08. The minimum absolute atomic E-state index is 0.604. The van der Waals surface area contributed by atoms with E-state index in [9.17, 15) is 0 Å². The van der Waals surface area contributed by atoms with E-state index in [0.717, 1.165) is 0 Å². The van der Waals surface area contributed by atoms with E-state index in [1.54, 1.807) is 0 Å². The van der Waals surface area contributed by atoms with Crippen LogP contribution in [0.3, 0.4) is 0 Å². The predicted molar refractivity (Wildman–Crippen MR) is 77.2 cm³/mol. The van der Waals surface area contributed by atoms with Crippen molar-refractivity contribution in [3.05, 3.63) is 61.2 Å². The van der Waals surface area contributed by atoms with Crippen molar-refractivity contribution in [1.82, 2.24) is 0 Å². The number of hydrogen-bond acceptors (Lipinski definition) is 6. The number of nitrogens with one attached hydrogen (secondary N) is 2. The van der Waals surface area contributed by atoms with Crippen molar-refractivity contribution in [1.29, 1.82) is 0 Å². The number of pyridine rings is 2. The second-order valence-electron chi connectivity index (χ2n) is 3.56. The van der Waals surface area contributed by atoms with Crippen LogP contribution in [0.15, 0.2) is 61.2 Å². The monoisotopic (exact) mass is 350 g/mol. The van der Waals surface area contributed by atoms with Crippen LogP contribution < -0.4 is 9.97 Å². The van der Waals surface area contributed by atoms with E-state index < -0.39 is 20.2 Å². The fraction of sp³-hybridized carbons (Fsp3) is 0.167. The molecule has 22 heavy (non-hydrogen) atoms. The molecule has 2 aromatic heterocycles. The molecule has 8 nitrogen and oxygen atoms in total. The highest BCUT2D eigenvalue weighted by molar-refractivity contribution is 7.85. The van der Waals surface area contributed by atoms with Crippen LogP contribution in [0.2, 0.25) is 0 Å². The molecule has 124 valence electrons. The molecular formula is C12H18N2O6S2. The molecule has 10 heteroatoms. The van der Waals surface area contributed by atoms with Crippen molar-refractivity contribution in [3.8, 4) is 0 Å². The van der Waals surface area contributed by atoms with Crippen molar-refractivity contribution in [3.63, 3.8) is 0 Å². The predicted octanol–water partition coefficient (Wildman–Crippen LogP) is -0.676. The lowest BCUT2D eigenvalue weighted by Gasteiger charge is -1.90. The quantitative estimate of drug-likeness (QED) is 0.576. The van der Waals surface area contributed by atoms with Gasteiger partial charge in [0.2, 0.25) is 0 Å². The average Bonchev–Trinajstić information content (AvgIpc) is 2.40. The van der Waals surface area contributed by atoms with Gasteiger partial charge in [0.25, 0.3) is 0 Å². The fourth-order valence-electron chi connectivity index (χ4n) is 0.684. The summed E-state index contributed by atoms with van der Waals surface area (Å²) >= 11 is 0. The summed E-state index contributed by atoms with van der Waals surface area (Å²) in [7, 11) is -7.83. The summed E-state index contributed by atoms with van der Waals surface area (Å²) in [5.41, 5.74) is 0. The van der Waals surface area contributed by atoms with Crippen LogP contribution >= 0.6 is 0 Å². The van der Waals surface area contributed by atoms with Gasteiger partial charge in [-0.25, -0.2) is 26.8 Å². The molecule has 0 aliphatic carbocycles. The molecule has 0 spiro atoms. The van der Waals surface area contributed by atoms with Crippen LogP contribution in [0.1, 0.15) is 0 Å². The maximum atomic E-state index is 9.08. The molecule has 0 fully saturated rings. The van der Waals surface area contributed by atoms with Gasteiger partial charge in [0.1, 0.15) is 0 Å². The zero-order chi connectivity index (χ0) is 17.5. The van der Waals surface area contributed by atoms with Gasteiger partial charge in [-0.2, -0.15) is 0 Å². The molecule has 0 aliphatic rings. The number of rotatable bonds is 0. The zero-order valence-electron chi connectivity index (χ0n) is 12.0. The van der Waals surface area contributed by atoms with Crippen LogP contribution in [0, 0.1) is 0 Å². The summed E-state index contributed by atoms with van der Waals surface area (Å²) in [5, 5.41) is 0. The molecule has 2 heterocycles. The Morgan fingerprint density at radius 2 is 0.773 bits per heavy atom. The molecule has 0 aromatic carbocycles. The van der Waals surface area contributed by atoms with Gasteiger partial charge in [0.05, 0.1) is 20.2 Å². The van der Waals surface area contributed by atoms with Crippen molar-refractivity contribution < 1.29 is 35.9 Å². The van der Waals surface area contributed by atoms with Gasteiger partial charge in [-0.1, -0.05) is 12.1 Å². The van der Waals surface area contributed by atoms with E-state index in [0.29, 0.717) is 12.5 Å². The summed E-state index contributed by atoms with van der Waals surface area (Å²) in [4.78, 5) is 5.78. The first kappa shape index (κ1) is 22.4. The van der Waals surface area contributed by atoms with Crippen LogP contribution in [-0.2, 0) is 20.2 Å². The van der Waals surface area contributed by atoms with Crippen molar-refractivity contribution >= 4 is 20.2 Å². The van der Waals surface area contributed by atoms with E-state index in [-0.39, 0.29) is 0 Å². The van der Waals surface area contributed by atoms with Gasteiger partial charge in [0, 0.05) is 36.8 Å². The van der Waals surface area contributed by atoms with E-state index in [2.05, 4.69) is 9.97 Å². The second kappa shape index (κ2) is 12.8. The SMILES string of the molecule is CS(=O)(=O)[O-].CS(=O)(=O)[O-].c1cc[nH+]cc1.c1cc[nH+]cc1. The third-order valence-electron chi connectivity index (χ3n) is 1.21. The summed E-state index contributed by atoms with van der Waals surface area (Å²) < 4.78 is 54.5. The van der Waals surface area contributed by atoms with E-state index >= 15 is 0 Å². The molecular weight excluding hydrogens is 332 g/mol. The van der Waals surface area contributed by atoms with Gasteiger partial charge in [-0.3, -0.25) is 0 Å². The first-order valence-electron chi connectivity index (χ1n) is 5.64. The van der Waals surface area contributed by atoms with E-state index in [1.165, 1.54) is 0 Å². The largest absolute Gasteiger partial charge is 0.748 e. The molecule has 0 aliphatic heterocycles. The first-order chi connectivity index (χ1) is 10.0.